The Kier molecular flexibility index (Phi) is 4.41. The van der Waals surface area contributed by atoms with E-state index in [0.717, 1.165) is 0 Å². The second kappa shape index (κ2) is 6.06. The second-order valence-electron chi connectivity index (χ2n) is 4.24. The number of rotatable bonds is 2. The van der Waals surface area contributed by atoms with Crippen molar-refractivity contribution in [3.05, 3.63) is 34.6 Å². The molecule has 1 atom stereocenters. The summed E-state index contributed by atoms with van der Waals surface area (Å²) >= 11 is 5.66. The van der Waals surface area contributed by atoms with Crippen LogP contribution in [0.4, 0.5) is 4.39 Å². The first kappa shape index (κ1) is 14.5. The van der Waals surface area contributed by atoms with E-state index in [4.69, 9.17) is 27.3 Å². The lowest BCUT2D eigenvalue weighted by atomic mass is 10.1. The summed E-state index contributed by atoms with van der Waals surface area (Å²) in [6.45, 7) is 0.593. The Morgan fingerprint density at radius 2 is 2.35 bits per heavy atom. The normalized spacial score (nSPS) is 20.0. The number of halogens is 2. The number of carbonyl (C=O) groups excluding carboxylic acids is 1. The van der Waals surface area contributed by atoms with Gasteiger partial charge in [-0.3, -0.25) is 4.79 Å². The van der Waals surface area contributed by atoms with Crippen LogP contribution < -0.4 is 5.73 Å². The van der Waals surface area contributed by atoms with Gasteiger partial charge < -0.3 is 20.6 Å². The molecule has 1 aliphatic rings. The summed E-state index contributed by atoms with van der Waals surface area (Å²) in [5, 5.41) is 11.3. The van der Waals surface area contributed by atoms with Gasteiger partial charge in [-0.05, 0) is 12.1 Å². The minimum Gasteiger partial charge on any atom is -0.409 e. The number of amides is 1. The van der Waals surface area contributed by atoms with Crippen LogP contribution in [0, 0.1) is 5.82 Å². The Morgan fingerprint density at radius 1 is 1.60 bits per heavy atom. The first-order valence-electron chi connectivity index (χ1n) is 5.87. The van der Waals surface area contributed by atoms with Gasteiger partial charge in [0.25, 0.3) is 5.91 Å². The predicted octanol–water partition coefficient (Wildman–Crippen LogP) is 1.07. The third-order valence-electron chi connectivity index (χ3n) is 2.98. The number of nitrogens with zero attached hydrogens (tertiary/aromatic N) is 2. The quantitative estimate of drug-likeness (QED) is 0.370. The summed E-state index contributed by atoms with van der Waals surface area (Å²) in [4.78, 5) is 13.6. The Bertz CT molecular complexity index is 553. The summed E-state index contributed by atoms with van der Waals surface area (Å²) in [5.74, 6) is -1.40. The molecule has 0 radical (unpaired) electrons. The van der Waals surface area contributed by atoms with Gasteiger partial charge in [0.05, 0.1) is 23.7 Å². The van der Waals surface area contributed by atoms with Crippen LogP contribution in [0.15, 0.2) is 23.4 Å². The predicted molar refractivity (Wildman–Crippen MR) is 70.5 cm³/mol. The fourth-order valence-corrected chi connectivity index (χ4v) is 2.09. The number of carbonyl (C=O) groups is 1. The lowest BCUT2D eigenvalue weighted by Gasteiger charge is -2.32. The van der Waals surface area contributed by atoms with Crippen LogP contribution in [0.2, 0.25) is 5.02 Å². The summed E-state index contributed by atoms with van der Waals surface area (Å²) < 4.78 is 19.1. The van der Waals surface area contributed by atoms with E-state index in [1.165, 1.54) is 23.1 Å². The molecule has 1 heterocycles. The monoisotopic (exact) mass is 301 g/mol. The van der Waals surface area contributed by atoms with Crippen LogP contribution in [0.5, 0.6) is 0 Å². The fraction of sp³-hybridized carbons (Fsp3) is 0.333. The molecule has 1 amide bonds. The number of nitrogens with two attached hydrogens (primary N) is 1. The maximum absolute atomic E-state index is 13.8. The van der Waals surface area contributed by atoms with Crippen LogP contribution in [-0.2, 0) is 4.74 Å². The highest BCUT2D eigenvalue weighted by atomic mass is 35.5. The maximum Gasteiger partial charge on any atom is 0.257 e. The summed E-state index contributed by atoms with van der Waals surface area (Å²) in [7, 11) is 0. The minimum absolute atomic E-state index is 0.0840. The molecule has 1 unspecified atom stereocenters. The number of hydrogen-bond acceptors (Lipinski definition) is 4. The largest absolute Gasteiger partial charge is 0.409 e. The molecule has 0 bridgehead atoms. The van der Waals surface area contributed by atoms with E-state index < -0.39 is 17.8 Å². The average Bonchev–Trinajstić information content (AvgIpc) is 2.48. The van der Waals surface area contributed by atoms with Gasteiger partial charge in [0.2, 0.25) is 0 Å². The molecule has 1 aromatic carbocycles. The summed E-state index contributed by atoms with van der Waals surface area (Å²) in [6, 6.07) is 4.23. The van der Waals surface area contributed by atoms with Crippen LogP contribution in [0.1, 0.15) is 10.4 Å². The average molecular weight is 302 g/mol. The highest BCUT2D eigenvalue weighted by Crippen LogP contribution is 2.20. The van der Waals surface area contributed by atoms with Crippen molar-refractivity contribution in [3.63, 3.8) is 0 Å². The molecule has 1 fully saturated rings. The zero-order valence-electron chi connectivity index (χ0n) is 10.4. The Labute approximate surface area is 119 Å². The zero-order valence-corrected chi connectivity index (χ0v) is 11.2. The van der Waals surface area contributed by atoms with Gasteiger partial charge in [-0.1, -0.05) is 22.8 Å². The maximum atomic E-state index is 13.8. The first-order chi connectivity index (χ1) is 9.54. The van der Waals surface area contributed by atoms with Crippen LogP contribution in [0.25, 0.3) is 0 Å². The molecule has 1 saturated heterocycles. The van der Waals surface area contributed by atoms with Gasteiger partial charge in [0.1, 0.15) is 6.10 Å². The van der Waals surface area contributed by atoms with E-state index in [0.29, 0.717) is 6.54 Å². The van der Waals surface area contributed by atoms with E-state index in [2.05, 4.69) is 5.16 Å². The number of hydrogen-bond donors (Lipinski definition) is 2. The van der Waals surface area contributed by atoms with E-state index in [1.807, 2.05) is 0 Å². The van der Waals surface area contributed by atoms with Crippen LogP contribution in [-0.4, -0.2) is 47.7 Å². The van der Waals surface area contributed by atoms with E-state index in [9.17, 15) is 9.18 Å². The molecule has 8 heteroatoms. The van der Waals surface area contributed by atoms with Crippen molar-refractivity contribution in [2.24, 2.45) is 10.9 Å². The Balaban J connectivity index is 2.19. The molecule has 2 rings (SSSR count). The number of oxime groups is 1. The van der Waals surface area contributed by atoms with Gasteiger partial charge in [-0.15, -0.1) is 0 Å². The lowest BCUT2D eigenvalue weighted by molar-refractivity contribution is 0.00654. The standard InChI is InChI=1S/C12H13ClFN3O3/c13-8-3-1-2-7(10(8)14)12(18)17-4-5-20-9(6-17)11(15)16-19/h1-3,9,19H,4-6H2,(H2,15,16). The molecule has 20 heavy (non-hydrogen) atoms. The zero-order chi connectivity index (χ0) is 14.7. The third-order valence-corrected chi connectivity index (χ3v) is 3.27. The molecule has 0 aliphatic carbocycles. The molecule has 0 aromatic heterocycles. The van der Waals surface area contributed by atoms with Crippen molar-refractivity contribution >= 4 is 23.3 Å². The van der Waals surface area contributed by atoms with Gasteiger partial charge in [-0.25, -0.2) is 4.39 Å². The number of morpholine rings is 1. The van der Waals surface area contributed by atoms with Crippen LogP contribution in [0.3, 0.4) is 0 Å². The van der Waals surface area contributed by atoms with Crippen molar-refractivity contribution < 1.29 is 19.1 Å². The van der Waals surface area contributed by atoms with Crippen molar-refractivity contribution in [2.45, 2.75) is 6.10 Å². The fourth-order valence-electron chi connectivity index (χ4n) is 1.92. The van der Waals surface area contributed by atoms with Gasteiger partial charge in [0, 0.05) is 6.54 Å². The van der Waals surface area contributed by atoms with E-state index in [-0.39, 0.29) is 29.6 Å². The molecule has 0 saturated carbocycles. The van der Waals surface area contributed by atoms with Gasteiger partial charge in [-0.2, -0.15) is 0 Å². The number of benzene rings is 1. The topological polar surface area (TPSA) is 88.2 Å². The highest BCUT2D eigenvalue weighted by Gasteiger charge is 2.29. The lowest BCUT2D eigenvalue weighted by Crippen LogP contribution is -2.50. The number of amidine groups is 1. The second-order valence-corrected chi connectivity index (χ2v) is 4.64. The van der Waals surface area contributed by atoms with E-state index >= 15 is 0 Å². The highest BCUT2D eigenvalue weighted by molar-refractivity contribution is 6.31. The Morgan fingerprint density at radius 3 is 3.05 bits per heavy atom. The summed E-state index contributed by atoms with van der Waals surface area (Å²) in [5.41, 5.74) is 5.33. The van der Waals surface area contributed by atoms with Crippen molar-refractivity contribution in [1.82, 2.24) is 4.90 Å². The molecule has 108 valence electrons. The Hall–Kier alpha value is -1.86. The third kappa shape index (κ3) is 2.83. The smallest absolute Gasteiger partial charge is 0.257 e. The van der Waals surface area contributed by atoms with Crippen molar-refractivity contribution in [1.29, 1.82) is 0 Å². The van der Waals surface area contributed by atoms with Gasteiger partial charge >= 0.3 is 0 Å². The minimum atomic E-state index is -0.758. The molecule has 1 aliphatic heterocycles. The molecule has 0 spiro atoms. The van der Waals surface area contributed by atoms with E-state index in [1.54, 1.807) is 0 Å². The molecule has 1 aromatic rings. The molecular weight excluding hydrogens is 289 g/mol. The molecule has 6 nitrogen and oxygen atoms in total. The molecular formula is C12H13ClFN3O3. The summed E-state index contributed by atoms with van der Waals surface area (Å²) in [6.07, 6.45) is -0.708. The van der Waals surface area contributed by atoms with Gasteiger partial charge in [0.15, 0.2) is 11.7 Å². The van der Waals surface area contributed by atoms with Crippen LogP contribution >= 0.6 is 11.6 Å². The first-order valence-corrected chi connectivity index (χ1v) is 6.24. The van der Waals surface area contributed by atoms with Crippen molar-refractivity contribution in [3.8, 4) is 0 Å². The molecule has 3 N–H and O–H groups in total. The van der Waals surface area contributed by atoms with Crippen molar-refractivity contribution in [2.75, 3.05) is 19.7 Å². The SMILES string of the molecule is N/C(=N/O)C1CN(C(=O)c2cccc(Cl)c2F)CCO1. The number of ether oxygens (including phenoxy) is 1.